The number of anilines is 1. The lowest BCUT2D eigenvalue weighted by molar-refractivity contribution is -0.121. The number of aromatic nitrogens is 1. The van der Waals surface area contributed by atoms with Gasteiger partial charge in [-0.2, -0.15) is 0 Å². The van der Waals surface area contributed by atoms with Gasteiger partial charge in [0, 0.05) is 29.7 Å². The predicted molar refractivity (Wildman–Crippen MR) is 77.7 cm³/mol. The third-order valence-electron chi connectivity index (χ3n) is 2.72. The van der Waals surface area contributed by atoms with Gasteiger partial charge in [-0.3, -0.25) is 4.79 Å². The fraction of sp³-hybridized carbons (Fsp3) is 0.538. The zero-order chi connectivity index (χ0) is 13.5. The maximum atomic E-state index is 11.5. The molecular formula is C13H20BrN3O. The van der Waals surface area contributed by atoms with E-state index in [9.17, 15) is 4.79 Å². The number of carbonyl (C=O) groups excluding carboxylic acids is 1. The van der Waals surface area contributed by atoms with Crippen molar-refractivity contribution in [3.05, 3.63) is 22.3 Å². The van der Waals surface area contributed by atoms with E-state index in [2.05, 4.69) is 38.5 Å². The van der Waals surface area contributed by atoms with E-state index in [0.717, 1.165) is 22.3 Å². The second kappa shape index (κ2) is 7.36. The van der Waals surface area contributed by atoms with Gasteiger partial charge in [0.1, 0.15) is 5.82 Å². The molecule has 0 saturated carbocycles. The van der Waals surface area contributed by atoms with Crippen LogP contribution in [0.1, 0.15) is 32.3 Å². The van der Waals surface area contributed by atoms with Crippen LogP contribution < -0.4 is 10.6 Å². The van der Waals surface area contributed by atoms with Crippen molar-refractivity contribution in [2.24, 2.45) is 0 Å². The van der Waals surface area contributed by atoms with Gasteiger partial charge >= 0.3 is 0 Å². The Morgan fingerprint density at radius 3 is 2.89 bits per heavy atom. The van der Waals surface area contributed by atoms with Gasteiger partial charge in [0.25, 0.3) is 0 Å². The molecule has 100 valence electrons. The summed E-state index contributed by atoms with van der Waals surface area (Å²) < 4.78 is 0.988. The lowest BCUT2D eigenvalue weighted by atomic mass is 10.2. The van der Waals surface area contributed by atoms with Gasteiger partial charge in [-0.25, -0.2) is 4.98 Å². The summed E-state index contributed by atoms with van der Waals surface area (Å²) in [5, 5.41) is 6.07. The molecule has 0 aliphatic rings. The van der Waals surface area contributed by atoms with E-state index in [1.54, 1.807) is 6.20 Å². The van der Waals surface area contributed by atoms with Crippen LogP contribution in [0.4, 0.5) is 5.82 Å². The first kappa shape index (κ1) is 15.0. The van der Waals surface area contributed by atoms with Gasteiger partial charge < -0.3 is 10.6 Å². The van der Waals surface area contributed by atoms with Gasteiger partial charge in [0.2, 0.25) is 5.91 Å². The van der Waals surface area contributed by atoms with Crippen LogP contribution in [0.25, 0.3) is 0 Å². The van der Waals surface area contributed by atoms with E-state index >= 15 is 0 Å². The molecule has 1 unspecified atom stereocenters. The average Bonchev–Trinajstić information content (AvgIpc) is 2.33. The first-order chi connectivity index (χ1) is 8.52. The molecule has 0 aliphatic carbocycles. The quantitative estimate of drug-likeness (QED) is 0.849. The number of hydrogen-bond donors (Lipinski definition) is 2. The summed E-state index contributed by atoms with van der Waals surface area (Å²) in [6, 6.07) is 2.20. The molecule has 1 amide bonds. The number of hydrogen-bond acceptors (Lipinski definition) is 3. The summed E-state index contributed by atoms with van der Waals surface area (Å²) in [5.41, 5.74) is 1.12. The van der Waals surface area contributed by atoms with Crippen LogP contribution in [-0.4, -0.2) is 23.5 Å². The molecule has 1 rings (SSSR count). The van der Waals surface area contributed by atoms with Crippen molar-refractivity contribution < 1.29 is 4.79 Å². The normalized spacial score (nSPS) is 12.0. The Kier molecular flexibility index (Phi) is 6.12. The lowest BCUT2D eigenvalue weighted by Crippen LogP contribution is -2.33. The Labute approximate surface area is 117 Å². The number of aryl methyl sites for hydroxylation is 1. The fourth-order valence-electron chi connectivity index (χ4n) is 1.39. The third-order valence-corrected chi connectivity index (χ3v) is 3.56. The smallest absolute Gasteiger partial charge is 0.221 e. The van der Waals surface area contributed by atoms with Crippen molar-refractivity contribution in [2.75, 3.05) is 11.9 Å². The van der Waals surface area contributed by atoms with Crippen molar-refractivity contribution in [1.82, 2.24) is 10.3 Å². The fourth-order valence-corrected chi connectivity index (χ4v) is 1.61. The largest absolute Gasteiger partial charge is 0.370 e. The van der Waals surface area contributed by atoms with Crippen LogP contribution in [0, 0.1) is 6.92 Å². The summed E-state index contributed by atoms with van der Waals surface area (Å²) in [7, 11) is 0. The number of pyridine rings is 1. The number of rotatable bonds is 6. The molecule has 1 atom stereocenters. The van der Waals surface area contributed by atoms with Gasteiger partial charge in [-0.1, -0.05) is 6.92 Å². The minimum absolute atomic E-state index is 0.0747. The Morgan fingerprint density at radius 2 is 2.28 bits per heavy atom. The summed E-state index contributed by atoms with van der Waals surface area (Å²) in [5.74, 6) is 0.873. The standard InChI is InChI=1S/C13H20BrN3O/c1-4-10(3)17-13(18)5-6-15-12-7-9(2)11(14)8-16-12/h7-8,10H,4-6H2,1-3H3,(H,15,16)(H,17,18). The molecule has 0 bridgehead atoms. The van der Waals surface area contributed by atoms with Crippen LogP contribution >= 0.6 is 15.9 Å². The van der Waals surface area contributed by atoms with E-state index < -0.39 is 0 Å². The second-order valence-corrected chi connectivity index (χ2v) is 5.23. The van der Waals surface area contributed by atoms with Crippen LogP contribution in [0.3, 0.4) is 0 Å². The van der Waals surface area contributed by atoms with Gasteiger partial charge in [0.15, 0.2) is 0 Å². The molecule has 0 saturated heterocycles. The van der Waals surface area contributed by atoms with Gasteiger partial charge in [-0.05, 0) is 47.8 Å². The molecule has 4 nitrogen and oxygen atoms in total. The highest BCUT2D eigenvalue weighted by Gasteiger charge is 2.05. The molecule has 1 aromatic heterocycles. The Morgan fingerprint density at radius 1 is 1.56 bits per heavy atom. The first-order valence-corrected chi connectivity index (χ1v) is 6.97. The average molecular weight is 314 g/mol. The number of halogens is 1. The van der Waals surface area contributed by atoms with Crippen LogP contribution in [-0.2, 0) is 4.79 Å². The van der Waals surface area contributed by atoms with Gasteiger partial charge in [0.05, 0.1) is 0 Å². The SMILES string of the molecule is CCC(C)NC(=O)CCNc1cc(C)c(Br)cn1. The van der Waals surface area contributed by atoms with E-state index in [1.807, 2.05) is 19.9 Å². The Hall–Kier alpha value is -1.10. The lowest BCUT2D eigenvalue weighted by Gasteiger charge is -2.12. The number of carbonyl (C=O) groups is 1. The van der Waals surface area contributed by atoms with E-state index in [1.165, 1.54) is 0 Å². The maximum Gasteiger partial charge on any atom is 0.221 e. The maximum absolute atomic E-state index is 11.5. The van der Waals surface area contributed by atoms with Crippen molar-refractivity contribution in [2.45, 2.75) is 39.7 Å². The Bertz CT molecular complexity index is 409. The van der Waals surface area contributed by atoms with Crippen molar-refractivity contribution in [1.29, 1.82) is 0 Å². The molecule has 1 heterocycles. The topological polar surface area (TPSA) is 54.0 Å². The molecule has 1 aromatic rings. The molecule has 0 aromatic carbocycles. The second-order valence-electron chi connectivity index (χ2n) is 4.37. The van der Waals surface area contributed by atoms with E-state index in [4.69, 9.17) is 0 Å². The summed E-state index contributed by atoms with van der Waals surface area (Å²) in [6.45, 7) is 6.66. The zero-order valence-corrected chi connectivity index (χ0v) is 12.7. The molecule has 2 N–H and O–H groups in total. The predicted octanol–water partition coefficient (Wildman–Crippen LogP) is 2.87. The molecular weight excluding hydrogens is 294 g/mol. The molecule has 5 heteroatoms. The summed E-state index contributed by atoms with van der Waals surface area (Å²) in [6.07, 6.45) is 3.17. The minimum Gasteiger partial charge on any atom is -0.370 e. The van der Waals surface area contributed by atoms with Crippen LogP contribution in [0.15, 0.2) is 16.7 Å². The first-order valence-electron chi connectivity index (χ1n) is 6.18. The monoisotopic (exact) mass is 313 g/mol. The summed E-state index contributed by atoms with van der Waals surface area (Å²) in [4.78, 5) is 15.8. The van der Waals surface area contributed by atoms with Crippen LogP contribution in [0.2, 0.25) is 0 Å². The number of nitrogens with one attached hydrogen (secondary N) is 2. The molecule has 0 fully saturated rings. The third kappa shape index (κ3) is 5.04. The number of amides is 1. The van der Waals surface area contributed by atoms with Crippen molar-refractivity contribution >= 4 is 27.7 Å². The highest BCUT2D eigenvalue weighted by atomic mass is 79.9. The van der Waals surface area contributed by atoms with Crippen molar-refractivity contribution in [3.63, 3.8) is 0 Å². The number of nitrogens with zero attached hydrogens (tertiary/aromatic N) is 1. The van der Waals surface area contributed by atoms with Crippen molar-refractivity contribution in [3.8, 4) is 0 Å². The molecule has 18 heavy (non-hydrogen) atoms. The zero-order valence-electron chi connectivity index (χ0n) is 11.1. The van der Waals surface area contributed by atoms with E-state index in [-0.39, 0.29) is 11.9 Å². The summed E-state index contributed by atoms with van der Waals surface area (Å²) >= 11 is 3.40. The Balaban J connectivity index is 2.33. The van der Waals surface area contributed by atoms with E-state index in [0.29, 0.717) is 13.0 Å². The minimum atomic E-state index is 0.0747. The van der Waals surface area contributed by atoms with Gasteiger partial charge in [-0.15, -0.1) is 0 Å². The molecule has 0 aliphatic heterocycles. The van der Waals surface area contributed by atoms with Crippen LogP contribution in [0.5, 0.6) is 0 Å². The highest BCUT2D eigenvalue weighted by Crippen LogP contribution is 2.16. The molecule has 0 radical (unpaired) electrons. The highest BCUT2D eigenvalue weighted by molar-refractivity contribution is 9.10. The molecule has 0 spiro atoms.